The molecule has 1 N–H and O–H groups in total. The van der Waals surface area contributed by atoms with Crippen molar-refractivity contribution in [1.29, 1.82) is 0 Å². The monoisotopic (exact) mass is 393 g/mol. The third-order valence-corrected chi connectivity index (χ3v) is 4.41. The Morgan fingerprint density at radius 2 is 2.04 bits per heavy atom. The molecule has 0 aromatic carbocycles. The summed E-state index contributed by atoms with van der Waals surface area (Å²) in [5.74, 6) is 0.882. The van der Waals surface area contributed by atoms with Gasteiger partial charge in [-0.3, -0.25) is 4.79 Å². The molecule has 0 spiro atoms. The Morgan fingerprint density at radius 1 is 1.29 bits per heavy atom. The van der Waals surface area contributed by atoms with Crippen LogP contribution in [0.3, 0.4) is 0 Å². The van der Waals surface area contributed by atoms with Crippen molar-refractivity contribution in [3.63, 3.8) is 0 Å². The number of ether oxygens (including phenoxy) is 1. The second-order valence-corrected chi connectivity index (χ2v) is 8.94. The Bertz CT molecular complexity index is 616. The number of rotatable bonds is 8. The minimum atomic E-state index is -0.360. The minimum Gasteiger partial charge on any atom is -0.467 e. The van der Waals surface area contributed by atoms with Crippen LogP contribution >= 0.6 is 0 Å². The van der Waals surface area contributed by atoms with Gasteiger partial charge in [0.1, 0.15) is 12.3 Å². The first-order valence-corrected chi connectivity index (χ1v) is 10.1. The van der Waals surface area contributed by atoms with Crippen LogP contribution in [-0.4, -0.2) is 59.6 Å². The van der Waals surface area contributed by atoms with E-state index < -0.39 is 0 Å². The van der Waals surface area contributed by atoms with Gasteiger partial charge in [0.2, 0.25) is 5.91 Å². The summed E-state index contributed by atoms with van der Waals surface area (Å²) in [6.45, 7) is 12.0. The molecule has 3 amide bonds. The van der Waals surface area contributed by atoms with Crippen LogP contribution in [0, 0.1) is 5.92 Å². The molecule has 158 valence electrons. The van der Waals surface area contributed by atoms with E-state index in [4.69, 9.17) is 9.15 Å². The number of urea groups is 1. The van der Waals surface area contributed by atoms with Gasteiger partial charge in [-0.2, -0.15) is 0 Å². The van der Waals surface area contributed by atoms with Crippen LogP contribution in [0.15, 0.2) is 22.8 Å². The second kappa shape index (κ2) is 9.96. The number of carbonyl (C=O) groups excluding carboxylic acids is 2. The molecule has 1 aliphatic heterocycles. The summed E-state index contributed by atoms with van der Waals surface area (Å²) in [5.41, 5.74) is -0.360. The highest BCUT2D eigenvalue weighted by atomic mass is 16.5. The Kier molecular flexibility index (Phi) is 7.92. The fourth-order valence-electron chi connectivity index (χ4n) is 3.20. The molecular weight excluding hydrogens is 358 g/mol. The number of amides is 3. The van der Waals surface area contributed by atoms with Crippen LogP contribution in [-0.2, 0) is 16.1 Å². The highest BCUT2D eigenvalue weighted by Gasteiger charge is 2.27. The Balaban J connectivity index is 2.08. The standard InChI is InChI=1S/C21H35N3O4/c1-16(2)12-24(20(26)22-21(3,4)5)15-19(25)23(13-17-8-6-10-27-17)14-18-9-7-11-28-18/h6,8,10,16,18H,7,9,11-15H2,1-5H3,(H,22,26)/t18-/m0/s1. The number of hydrogen-bond acceptors (Lipinski definition) is 4. The predicted molar refractivity (Wildman–Crippen MR) is 108 cm³/mol. The van der Waals surface area contributed by atoms with Gasteiger partial charge in [-0.25, -0.2) is 4.79 Å². The molecule has 7 heteroatoms. The van der Waals surface area contributed by atoms with Crippen molar-refractivity contribution in [2.45, 2.75) is 65.6 Å². The van der Waals surface area contributed by atoms with Crippen LogP contribution in [0.4, 0.5) is 4.79 Å². The van der Waals surface area contributed by atoms with Crippen molar-refractivity contribution >= 4 is 11.9 Å². The average molecular weight is 394 g/mol. The van der Waals surface area contributed by atoms with Gasteiger partial charge in [0, 0.05) is 25.2 Å². The summed E-state index contributed by atoms with van der Waals surface area (Å²) in [4.78, 5) is 29.2. The molecule has 1 aromatic heterocycles. The van der Waals surface area contributed by atoms with E-state index in [2.05, 4.69) is 5.32 Å². The molecule has 7 nitrogen and oxygen atoms in total. The smallest absolute Gasteiger partial charge is 0.318 e. The van der Waals surface area contributed by atoms with Gasteiger partial charge in [-0.05, 0) is 51.7 Å². The second-order valence-electron chi connectivity index (χ2n) is 8.94. The van der Waals surface area contributed by atoms with Gasteiger partial charge in [0.15, 0.2) is 0 Å². The SMILES string of the molecule is CC(C)CN(CC(=O)N(Cc1ccco1)C[C@@H]1CCCO1)C(=O)NC(C)(C)C. The maximum atomic E-state index is 13.1. The van der Waals surface area contributed by atoms with Gasteiger partial charge in [0.05, 0.1) is 18.9 Å². The molecule has 0 bridgehead atoms. The molecule has 0 aliphatic carbocycles. The third kappa shape index (κ3) is 7.54. The third-order valence-electron chi connectivity index (χ3n) is 4.41. The lowest BCUT2D eigenvalue weighted by molar-refractivity contribution is -0.134. The van der Waals surface area contributed by atoms with Crippen LogP contribution in [0.2, 0.25) is 0 Å². The van der Waals surface area contributed by atoms with Crippen LogP contribution < -0.4 is 5.32 Å². The lowest BCUT2D eigenvalue weighted by Gasteiger charge is -2.32. The fourth-order valence-corrected chi connectivity index (χ4v) is 3.20. The Labute approximate surface area is 168 Å². The zero-order chi connectivity index (χ0) is 20.7. The molecule has 28 heavy (non-hydrogen) atoms. The number of nitrogens with zero attached hydrogens (tertiary/aromatic N) is 2. The van der Waals surface area contributed by atoms with Crippen LogP contribution in [0.5, 0.6) is 0 Å². The van der Waals surface area contributed by atoms with Gasteiger partial charge in [0.25, 0.3) is 0 Å². The molecular formula is C21H35N3O4. The largest absolute Gasteiger partial charge is 0.467 e. The zero-order valence-corrected chi connectivity index (χ0v) is 17.9. The molecule has 0 unspecified atom stereocenters. The quantitative estimate of drug-likeness (QED) is 0.736. The van der Waals surface area contributed by atoms with Gasteiger partial charge >= 0.3 is 6.03 Å². The minimum absolute atomic E-state index is 0.0352. The highest BCUT2D eigenvalue weighted by molar-refractivity contribution is 5.84. The van der Waals surface area contributed by atoms with E-state index >= 15 is 0 Å². The zero-order valence-electron chi connectivity index (χ0n) is 17.9. The van der Waals surface area contributed by atoms with E-state index in [0.29, 0.717) is 19.6 Å². The van der Waals surface area contributed by atoms with Crippen LogP contribution in [0.25, 0.3) is 0 Å². The molecule has 1 saturated heterocycles. The van der Waals surface area contributed by atoms with Crippen molar-refractivity contribution in [2.24, 2.45) is 5.92 Å². The van der Waals surface area contributed by atoms with Crippen molar-refractivity contribution in [3.05, 3.63) is 24.2 Å². The number of carbonyl (C=O) groups is 2. The summed E-state index contributed by atoms with van der Waals surface area (Å²) in [5, 5.41) is 2.96. The summed E-state index contributed by atoms with van der Waals surface area (Å²) in [7, 11) is 0. The number of nitrogens with one attached hydrogen (secondary N) is 1. The normalized spacial score (nSPS) is 17.0. The Morgan fingerprint density at radius 3 is 2.57 bits per heavy atom. The van der Waals surface area contributed by atoms with Crippen molar-refractivity contribution in [3.8, 4) is 0 Å². The summed E-state index contributed by atoms with van der Waals surface area (Å²) >= 11 is 0. The summed E-state index contributed by atoms with van der Waals surface area (Å²) in [6.07, 6.45) is 3.61. The first-order valence-electron chi connectivity index (χ1n) is 10.1. The number of hydrogen-bond donors (Lipinski definition) is 1. The highest BCUT2D eigenvalue weighted by Crippen LogP contribution is 2.16. The molecule has 1 aliphatic rings. The van der Waals surface area contributed by atoms with E-state index in [1.54, 1.807) is 16.1 Å². The van der Waals surface area contributed by atoms with Crippen molar-refractivity contribution < 1.29 is 18.7 Å². The fraction of sp³-hybridized carbons (Fsp3) is 0.714. The van der Waals surface area contributed by atoms with E-state index in [1.165, 1.54) is 0 Å². The average Bonchev–Trinajstić information content (AvgIpc) is 3.25. The first kappa shape index (κ1) is 22.3. The lowest BCUT2D eigenvalue weighted by Crippen LogP contribution is -2.52. The first-order chi connectivity index (χ1) is 13.1. The van der Waals surface area contributed by atoms with E-state index in [9.17, 15) is 9.59 Å². The molecule has 1 fully saturated rings. The molecule has 2 heterocycles. The maximum Gasteiger partial charge on any atom is 0.318 e. The van der Waals surface area contributed by atoms with Crippen LogP contribution in [0.1, 0.15) is 53.2 Å². The molecule has 0 radical (unpaired) electrons. The predicted octanol–water partition coefficient (Wildman–Crippen LogP) is 3.25. The number of furan rings is 1. The lowest BCUT2D eigenvalue weighted by atomic mass is 10.1. The molecule has 0 saturated carbocycles. The maximum absolute atomic E-state index is 13.1. The Hall–Kier alpha value is -2.02. The van der Waals surface area contributed by atoms with Crippen molar-refractivity contribution in [1.82, 2.24) is 15.1 Å². The van der Waals surface area contributed by atoms with Gasteiger partial charge in [-0.15, -0.1) is 0 Å². The van der Waals surface area contributed by atoms with E-state index in [-0.39, 0.29) is 36.0 Å². The van der Waals surface area contributed by atoms with E-state index in [1.807, 2.05) is 46.8 Å². The topological polar surface area (TPSA) is 75.0 Å². The molecule has 1 aromatic rings. The van der Waals surface area contributed by atoms with E-state index in [0.717, 1.165) is 25.2 Å². The van der Waals surface area contributed by atoms with Gasteiger partial charge in [-0.1, -0.05) is 13.8 Å². The molecule has 1 atom stereocenters. The summed E-state index contributed by atoms with van der Waals surface area (Å²) < 4.78 is 11.2. The summed E-state index contributed by atoms with van der Waals surface area (Å²) in [6, 6.07) is 3.45. The molecule has 2 rings (SSSR count). The van der Waals surface area contributed by atoms with Gasteiger partial charge < -0.3 is 24.3 Å². The van der Waals surface area contributed by atoms with Crippen molar-refractivity contribution in [2.75, 3.05) is 26.2 Å².